The van der Waals surface area contributed by atoms with Gasteiger partial charge in [0, 0.05) is 48.7 Å². The Labute approximate surface area is 195 Å². The maximum absolute atomic E-state index is 13.2. The summed E-state index contributed by atoms with van der Waals surface area (Å²) in [6.07, 6.45) is 3.87. The summed E-state index contributed by atoms with van der Waals surface area (Å²) in [5.74, 6) is 0.679. The summed E-state index contributed by atoms with van der Waals surface area (Å²) in [5, 5.41) is 10.8. The lowest BCUT2D eigenvalue weighted by molar-refractivity contribution is 0.0939. The summed E-state index contributed by atoms with van der Waals surface area (Å²) in [4.78, 5) is 15.5. The van der Waals surface area contributed by atoms with Gasteiger partial charge in [0.15, 0.2) is 0 Å². The van der Waals surface area contributed by atoms with Crippen LogP contribution in [0.15, 0.2) is 48.8 Å². The van der Waals surface area contributed by atoms with Gasteiger partial charge >= 0.3 is 0 Å². The summed E-state index contributed by atoms with van der Waals surface area (Å²) in [6, 6.07) is 12.5. The van der Waals surface area contributed by atoms with E-state index in [1.165, 1.54) is 0 Å². The van der Waals surface area contributed by atoms with Crippen LogP contribution in [0.1, 0.15) is 41.4 Å². The highest BCUT2D eigenvalue weighted by Gasteiger charge is 2.26. The van der Waals surface area contributed by atoms with E-state index in [-0.39, 0.29) is 11.9 Å². The van der Waals surface area contributed by atoms with Crippen LogP contribution in [0.3, 0.4) is 0 Å². The molecule has 0 aliphatic carbocycles. The number of hydrogen-bond donors (Lipinski definition) is 2. The van der Waals surface area contributed by atoms with Crippen LogP contribution < -0.4 is 20.3 Å². The van der Waals surface area contributed by atoms with Crippen molar-refractivity contribution in [3.63, 3.8) is 0 Å². The molecule has 0 spiro atoms. The predicted molar refractivity (Wildman–Crippen MR) is 132 cm³/mol. The summed E-state index contributed by atoms with van der Waals surface area (Å²) < 4.78 is 7.43. The number of benzene rings is 2. The van der Waals surface area contributed by atoms with E-state index in [4.69, 9.17) is 4.74 Å². The zero-order chi connectivity index (χ0) is 23.5. The Morgan fingerprint density at radius 1 is 1.21 bits per heavy atom. The molecule has 2 heterocycles. The predicted octanol–water partition coefficient (Wildman–Crippen LogP) is 3.79. The molecule has 2 aromatic carbocycles. The fourth-order valence-electron chi connectivity index (χ4n) is 4.12. The molecule has 0 radical (unpaired) electrons. The first-order chi connectivity index (χ1) is 15.9. The number of rotatable bonds is 8. The Bertz CT molecular complexity index is 1130. The van der Waals surface area contributed by atoms with E-state index >= 15 is 0 Å². The zero-order valence-corrected chi connectivity index (χ0v) is 20.1. The van der Waals surface area contributed by atoms with Crippen molar-refractivity contribution in [2.24, 2.45) is 0 Å². The van der Waals surface area contributed by atoms with Gasteiger partial charge in [0.05, 0.1) is 19.3 Å². The number of hydrogen-bond acceptors (Lipinski definition) is 5. The molecule has 1 fully saturated rings. The fraction of sp³-hybridized carbons (Fsp3) is 0.385. The number of nitrogens with one attached hydrogen (secondary N) is 2. The van der Waals surface area contributed by atoms with E-state index < -0.39 is 0 Å². The van der Waals surface area contributed by atoms with Crippen molar-refractivity contribution >= 4 is 11.6 Å². The van der Waals surface area contributed by atoms with Crippen LogP contribution in [0.2, 0.25) is 0 Å². The van der Waals surface area contributed by atoms with Gasteiger partial charge in [0.2, 0.25) is 0 Å². The van der Waals surface area contributed by atoms with Gasteiger partial charge in [-0.3, -0.25) is 9.48 Å². The van der Waals surface area contributed by atoms with Gasteiger partial charge in [0.1, 0.15) is 5.75 Å². The van der Waals surface area contributed by atoms with Crippen molar-refractivity contribution in [2.45, 2.75) is 39.4 Å². The summed E-state index contributed by atoms with van der Waals surface area (Å²) in [5.41, 5.74) is 5.78. The average molecular weight is 448 g/mol. The monoisotopic (exact) mass is 447 g/mol. The molecule has 3 aromatic rings. The van der Waals surface area contributed by atoms with Gasteiger partial charge in [-0.2, -0.15) is 5.10 Å². The van der Waals surface area contributed by atoms with Gasteiger partial charge in [-0.05, 0) is 74.8 Å². The topological polar surface area (TPSA) is 71.4 Å². The van der Waals surface area contributed by atoms with E-state index in [2.05, 4.69) is 39.7 Å². The lowest BCUT2D eigenvalue weighted by Crippen LogP contribution is -2.57. The third-order valence-electron chi connectivity index (χ3n) is 6.42. The Hall–Kier alpha value is -3.32. The number of likely N-dealkylation sites (N-methyl/N-ethyl adjacent to an activating group) is 1. The van der Waals surface area contributed by atoms with Crippen molar-refractivity contribution in [1.82, 2.24) is 20.4 Å². The van der Waals surface area contributed by atoms with Gasteiger partial charge in [-0.1, -0.05) is 6.07 Å². The molecule has 174 valence electrons. The van der Waals surface area contributed by atoms with Gasteiger partial charge in [-0.15, -0.1) is 0 Å². The first-order valence-electron chi connectivity index (χ1n) is 11.5. The highest BCUT2D eigenvalue weighted by Crippen LogP contribution is 2.29. The van der Waals surface area contributed by atoms with Gasteiger partial charge in [-0.25, -0.2) is 0 Å². The lowest BCUT2D eigenvalue weighted by atomic mass is 10.00. The lowest BCUT2D eigenvalue weighted by Gasteiger charge is -2.41. The maximum Gasteiger partial charge on any atom is 0.252 e. The highest BCUT2D eigenvalue weighted by atomic mass is 16.5. The molecular weight excluding hydrogens is 414 g/mol. The Morgan fingerprint density at radius 3 is 2.67 bits per heavy atom. The number of nitrogens with zero attached hydrogens (tertiary/aromatic N) is 3. The second-order valence-electron chi connectivity index (χ2n) is 8.66. The van der Waals surface area contributed by atoms with E-state index in [9.17, 15) is 4.79 Å². The van der Waals surface area contributed by atoms with Gasteiger partial charge < -0.3 is 20.3 Å². The summed E-state index contributed by atoms with van der Waals surface area (Å²) in [7, 11) is 3.64. The van der Waals surface area contributed by atoms with Crippen LogP contribution in [0.4, 0.5) is 5.69 Å². The molecular formula is C26H33N5O2. The van der Waals surface area contributed by atoms with Crippen LogP contribution in [0.25, 0.3) is 11.1 Å². The number of methoxy groups -OCH3 is 1. The third-order valence-corrected chi connectivity index (χ3v) is 6.42. The van der Waals surface area contributed by atoms with Crippen molar-refractivity contribution in [1.29, 1.82) is 0 Å². The van der Waals surface area contributed by atoms with Crippen molar-refractivity contribution < 1.29 is 9.53 Å². The maximum atomic E-state index is 13.2. The number of amides is 1. The second-order valence-corrected chi connectivity index (χ2v) is 8.66. The van der Waals surface area contributed by atoms with Gasteiger partial charge in [0.25, 0.3) is 5.91 Å². The minimum absolute atomic E-state index is 0.0734. The molecule has 7 heteroatoms. The van der Waals surface area contributed by atoms with E-state index in [1.54, 1.807) is 7.11 Å². The summed E-state index contributed by atoms with van der Waals surface area (Å²) in [6.45, 7) is 8.76. The van der Waals surface area contributed by atoms with E-state index in [0.717, 1.165) is 53.3 Å². The molecule has 0 bridgehead atoms. The number of carbonyl (C=O) groups is 1. The number of carbonyl (C=O) groups excluding carboxylic acids is 1. The molecule has 7 nitrogen and oxygen atoms in total. The molecule has 1 aliphatic heterocycles. The molecule has 1 aliphatic rings. The quantitative estimate of drug-likeness (QED) is 0.550. The fourth-order valence-corrected chi connectivity index (χ4v) is 4.12. The minimum Gasteiger partial charge on any atom is -0.497 e. The van der Waals surface area contributed by atoms with Crippen molar-refractivity contribution in [3.8, 4) is 16.9 Å². The summed E-state index contributed by atoms with van der Waals surface area (Å²) >= 11 is 0. The standard InChI is InChI=1S/C26H33N5O2/c1-6-31-14-21(13-28-31)20-9-19(10-24(11-20)33-5)18(3)29-26(32)25-12-23(8-7-17(25)2)30-15-22(16-30)27-4/h7-14,18,22,27H,6,15-16H2,1-5H3,(H,29,32). The smallest absolute Gasteiger partial charge is 0.252 e. The van der Waals surface area contributed by atoms with Crippen LogP contribution in [0, 0.1) is 6.92 Å². The van der Waals surface area contributed by atoms with Crippen molar-refractivity contribution in [3.05, 3.63) is 65.5 Å². The number of aromatic nitrogens is 2. The first-order valence-corrected chi connectivity index (χ1v) is 11.5. The number of ether oxygens (including phenoxy) is 1. The Balaban J connectivity index is 1.54. The number of anilines is 1. The molecule has 0 saturated carbocycles. The minimum atomic E-state index is -0.187. The largest absolute Gasteiger partial charge is 0.497 e. The highest BCUT2D eigenvalue weighted by molar-refractivity contribution is 5.97. The van der Waals surface area contributed by atoms with Crippen molar-refractivity contribution in [2.75, 3.05) is 32.1 Å². The first kappa shape index (κ1) is 22.9. The van der Waals surface area contributed by atoms with E-state index in [0.29, 0.717) is 11.6 Å². The normalized spacial score (nSPS) is 14.6. The molecule has 1 aromatic heterocycles. The third kappa shape index (κ3) is 4.88. The molecule has 1 amide bonds. The molecule has 2 N–H and O–H groups in total. The van der Waals surface area contributed by atoms with Crippen LogP contribution in [-0.4, -0.2) is 49.0 Å². The average Bonchev–Trinajstić information content (AvgIpc) is 3.28. The molecule has 1 saturated heterocycles. The van der Waals surface area contributed by atoms with Crippen LogP contribution in [0.5, 0.6) is 5.75 Å². The Morgan fingerprint density at radius 2 is 2.00 bits per heavy atom. The van der Waals surface area contributed by atoms with Crippen LogP contribution in [-0.2, 0) is 6.54 Å². The van der Waals surface area contributed by atoms with E-state index in [1.807, 2.05) is 62.2 Å². The molecule has 1 unspecified atom stereocenters. The molecule has 4 rings (SSSR count). The zero-order valence-electron chi connectivity index (χ0n) is 20.1. The molecule has 33 heavy (non-hydrogen) atoms. The Kier molecular flexibility index (Phi) is 6.70. The number of aryl methyl sites for hydroxylation is 2. The second kappa shape index (κ2) is 9.67. The van der Waals surface area contributed by atoms with Crippen LogP contribution >= 0.6 is 0 Å². The SMILES string of the molecule is CCn1cc(-c2cc(OC)cc(C(C)NC(=O)c3cc(N4CC(NC)C4)ccc3C)c2)cn1. The molecule has 1 atom stereocenters.